The summed E-state index contributed by atoms with van der Waals surface area (Å²) in [7, 11) is 0. The van der Waals surface area contributed by atoms with Crippen LogP contribution in [0.25, 0.3) is 0 Å². The van der Waals surface area contributed by atoms with Crippen LogP contribution in [0.4, 0.5) is 0 Å². The molecule has 5 aliphatic rings. The van der Waals surface area contributed by atoms with E-state index in [0.29, 0.717) is 24.2 Å². The summed E-state index contributed by atoms with van der Waals surface area (Å²) in [5, 5.41) is 0. The Kier molecular flexibility index (Phi) is 5.68. The van der Waals surface area contributed by atoms with E-state index in [2.05, 4.69) is 92.7 Å². The van der Waals surface area contributed by atoms with Crippen LogP contribution in [0.1, 0.15) is 36.8 Å². The van der Waals surface area contributed by atoms with Gasteiger partial charge in [0, 0.05) is 0 Å². The second-order valence-corrected chi connectivity index (χ2v) is 10.9. The first-order valence-electron chi connectivity index (χ1n) is 13.6. The number of ether oxygens (including phenoxy) is 2. The van der Waals surface area contributed by atoms with Gasteiger partial charge in [-0.3, -0.25) is 0 Å². The van der Waals surface area contributed by atoms with E-state index in [1.54, 1.807) is 0 Å². The van der Waals surface area contributed by atoms with E-state index >= 15 is 0 Å². The Labute approximate surface area is 214 Å². The zero-order chi connectivity index (χ0) is 23.9. The lowest BCUT2D eigenvalue weighted by Crippen LogP contribution is -2.52. The highest BCUT2D eigenvalue weighted by Crippen LogP contribution is 2.38. The van der Waals surface area contributed by atoms with Crippen LogP contribution >= 0.6 is 0 Å². The van der Waals surface area contributed by atoms with Crippen LogP contribution < -0.4 is 0 Å². The van der Waals surface area contributed by atoms with Crippen molar-refractivity contribution >= 4 is 0 Å². The molecule has 0 bridgehead atoms. The zero-order valence-electron chi connectivity index (χ0n) is 20.9. The van der Waals surface area contributed by atoms with Gasteiger partial charge in [-0.25, -0.2) is 0 Å². The molecule has 0 radical (unpaired) electrons. The zero-order valence-corrected chi connectivity index (χ0v) is 20.9. The molecule has 2 unspecified atom stereocenters. The quantitative estimate of drug-likeness (QED) is 0.607. The Morgan fingerprint density at radius 3 is 1.50 bits per heavy atom. The lowest BCUT2D eigenvalue weighted by molar-refractivity contribution is 0.0689. The minimum atomic E-state index is 0.414. The van der Waals surface area contributed by atoms with Gasteiger partial charge in [0.25, 0.3) is 0 Å². The predicted octanol–water partition coefficient (Wildman–Crippen LogP) is 4.33. The Morgan fingerprint density at radius 1 is 0.611 bits per heavy atom. The Bertz CT molecular complexity index is 1030. The lowest BCUT2D eigenvalue weighted by Gasteiger charge is -2.43. The first kappa shape index (κ1) is 22.0. The maximum Gasteiger partial charge on any atom is 0.207 e. The summed E-state index contributed by atoms with van der Waals surface area (Å²) in [5.41, 5.74) is 2.77. The van der Waals surface area contributed by atoms with Gasteiger partial charge < -0.3 is 29.1 Å². The highest BCUT2D eigenvalue weighted by atomic mass is 16.5. The summed E-state index contributed by atoms with van der Waals surface area (Å²) in [6, 6.07) is 23.5. The van der Waals surface area contributed by atoms with Crippen LogP contribution in [0.3, 0.4) is 0 Å². The third kappa shape index (κ3) is 4.06. The molecule has 188 valence electrons. The van der Waals surface area contributed by atoms with E-state index in [-0.39, 0.29) is 0 Å². The third-order valence-corrected chi connectivity index (χ3v) is 8.65. The Balaban J connectivity index is 1.03. The van der Waals surface area contributed by atoms with Crippen molar-refractivity contribution in [2.75, 3.05) is 26.6 Å². The molecule has 0 aromatic heterocycles. The molecular formula is C30H36N4O2. The van der Waals surface area contributed by atoms with Crippen LogP contribution in [0.5, 0.6) is 0 Å². The molecule has 7 rings (SSSR count). The molecule has 4 aliphatic heterocycles. The van der Waals surface area contributed by atoms with Gasteiger partial charge in [-0.05, 0) is 36.8 Å². The van der Waals surface area contributed by atoms with Crippen LogP contribution in [0, 0.1) is 0 Å². The summed E-state index contributed by atoms with van der Waals surface area (Å²) in [6.45, 7) is 3.45. The molecule has 6 heteroatoms. The highest BCUT2D eigenvalue weighted by Gasteiger charge is 2.44. The molecule has 2 saturated heterocycles. The van der Waals surface area contributed by atoms with Gasteiger partial charge in [-0.2, -0.15) is 0 Å². The number of hydrogen-bond donors (Lipinski definition) is 0. The first-order chi connectivity index (χ1) is 17.8. The minimum absolute atomic E-state index is 0.414. The van der Waals surface area contributed by atoms with Gasteiger partial charge in [-0.15, -0.1) is 0 Å². The standard InChI is InChI=1S/C30H36N4O2/c1-3-9-23(10-4-1)15-25-19-35-29-17-31(21-33(25)29)27-13-7-8-14-28(27)32-18-30-34(22-32)26(20-36-30)16-24-11-5-2-6-12-24/h1-6,9-12,17-18,25-28H,7-8,13-16,19-22H2/t25-,26-,27?,28?/m0/s1. The van der Waals surface area contributed by atoms with Gasteiger partial charge in [0.2, 0.25) is 11.8 Å². The van der Waals surface area contributed by atoms with Crippen LogP contribution in [0.2, 0.25) is 0 Å². The number of benzene rings is 2. The molecule has 0 spiro atoms. The molecule has 1 saturated carbocycles. The van der Waals surface area contributed by atoms with Gasteiger partial charge in [-0.1, -0.05) is 73.5 Å². The molecule has 4 atom stereocenters. The largest absolute Gasteiger partial charge is 0.476 e. The molecule has 2 aromatic rings. The summed E-state index contributed by atoms with van der Waals surface area (Å²) in [4.78, 5) is 10.1. The number of fused-ring (bicyclic) bond motifs is 2. The average Bonchev–Trinajstić information content (AvgIpc) is 3.69. The second kappa shape index (κ2) is 9.30. The SMILES string of the molecule is C1=C2OC[C@H](Cc3ccccc3)N2CN1C1CCCCC1N1C=C2OC[C@H](Cc3ccccc3)N2C1. The van der Waals surface area contributed by atoms with Gasteiger partial charge in [0.05, 0.1) is 49.9 Å². The van der Waals surface area contributed by atoms with E-state index in [1.807, 2.05) is 0 Å². The van der Waals surface area contributed by atoms with Crippen molar-refractivity contribution < 1.29 is 9.47 Å². The van der Waals surface area contributed by atoms with Crippen molar-refractivity contribution in [2.24, 2.45) is 0 Å². The van der Waals surface area contributed by atoms with Crippen molar-refractivity contribution in [3.05, 3.63) is 96.0 Å². The monoisotopic (exact) mass is 484 g/mol. The fourth-order valence-corrected chi connectivity index (χ4v) is 6.76. The molecule has 36 heavy (non-hydrogen) atoms. The van der Waals surface area contributed by atoms with Crippen LogP contribution in [-0.2, 0) is 22.3 Å². The lowest BCUT2D eigenvalue weighted by atomic mass is 9.88. The third-order valence-electron chi connectivity index (χ3n) is 8.65. The maximum atomic E-state index is 6.17. The van der Waals surface area contributed by atoms with E-state index in [9.17, 15) is 0 Å². The number of hydrogen-bond acceptors (Lipinski definition) is 6. The first-order valence-corrected chi connectivity index (χ1v) is 13.6. The molecular weight excluding hydrogens is 448 g/mol. The van der Waals surface area contributed by atoms with Crippen molar-refractivity contribution in [1.82, 2.24) is 19.6 Å². The van der Waals surface area contributed by atoms with Crippen LogP contribution in [-0.4, -0.2) is 70.3 Å². The average molecular weight is 485 g/mol. The minimum Gasteiger partial charge on any atom is -0.476 e. The van der Waals surface area contributed by atoms with Crippen molar-refractivity contribution in [3.63, 3.8) is 0 Å². The summed E-state index contributed by atoms with van der Waals surface area (Å²) in [6.07, 6.45) is 11.7. The molecule has 2 aromatic carbocycles. The van der Waals surface area contributed by atoms with Gasteiger partial charge in [0.15, 0.2) is 0 Å². The second-order valence-electron chi connectivity index (χ2n) is 10.9. The smallest absolute Gasteiger partial charge is 0.207 e. The van der Waals surface area contributed by atoms with E-state index in [4.69, 9.17) is 9.47 Å². The van der Waals surface area contributed by atoms with E-state index in [1.165, 1.54) is 36.8 Å². The highest BCUT2D eigenvalue weighted by molar-refractivity contribution is 5.20. The fourth-order valence-electron chi connectivity index (χ4n) is 6.76. The topological polar surface area (TPSA) is 31.4 Å². The number of nitrogens with zero attached hydrogens (tertiary/aromatic N) is 4. The molecule has 0 amide bonds. The van der Waals surface area contributed by atoms with Gasteiger partial charge >= 0.3 is 0 Å². The molecule has 3 fully saturated rings. The summed E-state index contributed by atoms with van der Waals surface area (Å²) >= 11 is 0. The molecule has 4 heterocycles. The van der Waals surface area contributed by atoms with Crippen molar-refractivity contribution in [2.45, 2.75) is 62.7 Å². The Hall–Kier alpha value is -3.28. The van der Waals surface area contributed by atoms with Crippen LogP contribution in [0.15, 0.2) is 84.8 Å². The summed E-state index contributed by atoms with van der Waals surface area (Å²) < 4.78 is 12.3. The Morgan fingerprint density at radius 2 is 1.06 bits per heavy atom. The molecule has 6 nitrogen and oxygen atoms in total. The summed E-state index contributed by atoms with van der Waals surface area (Å²) in [5.74, 6) is 2.12. The van der Waals surface area contributed by atoms with Crippen molar-refractivity contribution in [3.8, 4) is 0 Å². The van der Waals surface area contributed by atoms with Crippen molar-refractivity contribution in [1.29, 1.82) is 0 Å². The van der Waals surface area contributed by atoms with E-state index in [0.717, 1.165) is 51.2 Å². The number of rotatable bonds is 6. The van der Waals surface area contributed by atoms with E-state index < -0.39 is 0 Å². The fraction of sp³-hybridized carbons (Fsp3) is 0.467. The molecule has 0 N–H and O–H groups in total. The van der Waals surface area contributed by atoms with Gasteiger partial charge in [0.1, 0.15) is 13.2 Å². The normalized spacial score (nSPS) is 29.0. The molecule has 1 aliphatic carbocycles. The maximum absolute atomic E-state index is 6.17. The predicted molar refractivity (Wildman–Crippen MR) is 139 cm³/mol.